The standard InChI is InChI=1S/C6H8O3S/c7-5-1-2-10-3-4(5)6(8)9/h7H,1-3H2,(H,8,9). The van der Waals surface area contributed by atoms with E-state index in [2.05, 4.69) is 0 Å². The molecule has 1 aliphatic heterocycles. The maximum absolute atomic E-state index is 10.3. The van der Waals surface area contributed by atoms with Gasteiger partial charge < -0.3 is 10.2 Å². The van der Waals surface area contributed by atoms with Gasteiger partial charge in [-0.15, -0.1) is 0 Å². The fourth-order valence-electron chi connectivity index (χ4n) is 0.762. The SMILES string of the molecule is O=C(O)C1=C(O)CCSC1. The number of carbonyl (C=O) groups is 1. The molecular formula is C6H8O3S. The fourth-order valence-corrected chi connectivity index (χ4v) is 1.74. The van der Waals surface area contributed by atoms with Crippen molar-refractivity contribution in [2.24, 2.45) is 0 Å². The van der Waals surface area contributed by atoms with E-state index in [4.69, 9.17) is 10.2 Å². The number of hydrogen-bond acceptors (Lipinski definition) is 3. The summed E-state index contributed by atoms with van der Waals surface area (Å²) in [6.45, 7) is 0. The number of thioether (sulfide) groups is 1. The van der Waals surface area contributed by atoms with E-state index in [-0.39, 0.29) is 11.3 Å². The van der Waals surface area contributed by atoms with Crippen LogP contribution in [-0.4, -0.2) is 27.7 Å². The summed E-state index contributed by atoms with van der Waals surface area (Å²) < 4.78 is 0. The van der Waals surface area contributed by atoms with Crippen LogP contribution in [0.3, 0.4) is 0 Å². The first-order valence-corrected chi connectivity index (χ1v) is 4.09. The Balaban J connectivity index is 2.78. The molecule has 1 aliphatic rings. The number of aliphatic carboxylic acids is 1. The molecule has 4 heteroatoms. The lowest BCUT2D eigenvalue weighted by Gasteiger charge is -2.11. The topological polar surface area (TPSA) is 57.5 Å². The van der Waals surface area contributed by atoms with Crippen LogP contribution in [0.1, 0.15) is 6.42 Å². The number of aliphatic hydroxyl groups is 1. The van der Waals surface area contributed by atoms with Crippen LogP contribution in [0.15, 0.2) is 11.3 Å². The molecule has 1 heterocycles. The zero-order chi connectivity index (χ0) is 7.56. The maximum Gasteiger partial charge on any atom is 0.335 e. The highest BCUT2D eigenvalue weighted by Gasteiger charge is 2.17. The molecule has 0 saturated carbocycles. The van der Waals surface area contributed by atoms with Gasteiger partial charge in [0.2, 0.25) is 0 Å². The molecule has 0 aliphatic carbocycles. The Kier molecular flexibility index (Phi) is 2.21. The quantitative estimate of drug-likeness (QED) is 0.601. The first-order valence-electron chi connectivity index (χ1n) is 2.94. The van der Waals surface area contributed by atoms with E-state index < -0.39 is 5.97 Å². The zero-order valence-corrected chi connectivity index (χ0v) is 6.15. The zero-order valence-electron chi connectivity index (χ0n) is 5.33. The molecular weight excluding hydrogens is 152 g/mol. The van der Waals surface area contributed by atoms with Crippen LogP contribution in [0.2, 0.25) is 0 Å². The van der Waals surface area contributed by atoms with Crippen LogP contribution in [0.5, 0.6) is 0 Å². The number of carboxylic acids is 1. The Morgan fingerprint density at radius 1 is 1.60 bits per heavy atom. The summed E-state index contributed by atoms with van der Waals surface area (Å²) in [6, 6.07) is 0. The van der Waals surface area contributed by atoms with Crippen LogP contribution in [0.4, 0.5) is 0 Å². The number of rotatable bonds is 1. The Hall–Kier alpha value is -0.640. The van der Waals surface area contributed by atoms with E-state index in [1.165, 1.54) is 11.8 Å². The number of carboxylic acid groups (broad SMARTS) is 1. The molecule has 10 heavy (non-hydrogen) atoms. The van der Waals surface area contributed by atoms with Gasteiger partial charge in [0.1, 0.15) is 5.76 Å². The third kappa shape index (κ3) is 1.44. The molecule has 0 amide bonds. The molecule has 56 valence electrons. The van der Waals surface area contributed by atoms with Crippen molar-refractivity contribution in [2.75, 3.05) is 11.5 Å². The summed E-state index contributed by atoms with van der Waals surface area (Å²) in [5.74, 6) is 0.306. The average Bonchev–Trinajstić information content (AvgIpc) is 1.88. The maximum atomic E-state index is 10.3. The van der Waals surface area contributed by atoms with Gasteiger partial charge in [-0.25, -0.2) is 4.79 Å². The van der Waals surface area contributed by atoms with Crippen LogP contribution in [0.25, 0.3) is 0 Å². The van der Waals surface area contributed by atoms with E-state index >= 15 is 0 Å². The van der Waals surface area contributed by atoms with Crippen LogP contribution in [-0.2, 0) is 4.79 Å². The van der Waals surface area contributed by atoms with Crippen molar-refractivity contribution in [1.29, 1.82) is 0 Å². The Labute approximate surface area is 62.7 Å². The summed E-state index contributed by atoms with van der Waals surface area (Å²) in [5, 5.41) is 17.5. The smallest absolute Gasteiger partial charge is 0.335 e. The summed E-state index contributed by atoms with van der Waals surface area (Å²) in [7, 11) is 0. The van der Waals surface area contributed by atoms with Crippen molar-refractivity contribution < 1.29 is 15.0 Å². The normalized spacial score (nSPS) is 19.2. The van der Waals surface area contributed by atoms with Crippen LogP contribution >= 0.6 is 11.8 Å². The van der Waals surface area contributed by atoms with E-state index in [9.17, 15) is 4.79 Å². The Morgan fingerprint density at radius 2 is 2.30 bits per heavy atom. The van der Waals surface area contributed by atoms with E-state index in [1.54, 1.807) is 0 Å². The average molecular weight is 160 g/mol. The van der Waals surface area contributed by atoms with Gasteiger partial charge in [-0.3, -0.25) is 0 Å². The van der Waals surface area contributed by atoms with Crippen molar-refractivity contribution >= 4 is 17.7 Å². The van der Waals surface area contributed by atoms with Gasteiger partial charge in [0.15, 0.2) is 0 Å². The summed E-state index contributed by atoms with van der Waals surface area (Å²) >= 11 is 1.54. The second-order valence-electron chi connectivity index (χ2n) is 2.03. The predicted octanol–water partition coefficient (Wildman–Crippen LogP) is 1.02. The molecule has 0 aromatic heterocycles. The summed E-state index contributed by atoms with van der Waals surface area (Å²) in [5.41, 5.74) is 0.163. The molecule has 0 aromatic rings. The molecule has 0 atom stereocenters. The molecule has 3 nitrogen and oxygen atoms in total. The van der Waals surface area contributed by atoms with E-state index in [0.29, 0.717) is 12.2 Å². The third-order valence-electron chi connectivity index (χ3n) is 1.34. The lowest BCUT2D eigenvalue weighted by atomic mass is 10.2. The number of allylic oxidation sites excluding steroid dienone is 1. The van der Waals surface area contributed by atoms with Gasteiger partial charge in [-0.1, -0.05) is 0 Å². The molecule has 0 unspecified atom stereocenters. The Morgan fingerprint density at radius 3 is 2.70 bits per heavy atom. The third-order valence-corrected chi connectivity index (χ3v) is 2.32. The second-order valence-corrected chi connectivity index (χ2v) is 3.14. The Bertz CT molecular complexity index is 185. The van der Waals surface area contributed by atoms with Gasteiger partial charge in [-0.05, 0) is 0 Å². The van der Waals surface area contributed by atoms with Crippen molar-refractivity contribution in [3.05, 3.63) is 11.3 Å². The molecule has 0 bridgehead atoms. The molecule has 0 radical (unpaired) electrons. The van der Waals surface area contributed by atoms with Gasteiger partial charge in [-0.2, -0.15) is 11.8 Å². The molecule has 2 N–H and O–H groups in total. The monoisotopic (exact) mass is 160 g/mol. The largest absolute Gasteiger partial charge is 0.512 e. The molecule has 0 spiro atoms. The highest BCUT2D eigenvalue weighted by atomic mass is 32.2. The van der Waals surface area contributed by atoms with Gasteiger partial charge in [0.05, 0.1) is 5.57 Å². The van der Waals surface area contributed by atoms with Gasteiger partial charge in [0.25, 0.3) is 0 Å². The van der Waals surface area contributed by atoms with Crippen molar-refractivity contribution in [3.8, 4) is 0 Å². The van der Waals surface area contributed by atoms with Crippen LogP contribution in [0, 0.1) is 0 Å². The minimum absolute atomic E-state index is 0.0475. The van der Waals surface area contributed by atoms with Gasteiger partial charge in [0, 0.05) is 17.9 Å². The van der Waals surface area contributed by atoms with Crippen molar-refractivity contribution in [2.45, 2.75) is 6.42 Å². The van der Waals surface area contributed by atoms with E-state index in [1.807, 2.05) is 0 Å². The predicted molar refractivity (Wildman–Crippen MR) is 39.2 cm³/mol. The lowest BCUT2D eigenvalue weighted by molar-refractivity contribution is -0.132. The number of aliphatic hydroxyl groups excluding tert-OH is 1. The van der Waals surface area contributed by atoms with Crippen molar-refractivity contribution in [1.82, 2.24) is 0 Å². The minimum atomic E-state index is -0.996. The molecule has 0 saturated heterocycles. The van der Waals surface area contributed by atoms with Crippen molar-refractivity contribution in [3.63, 3.8) is 0 Å². The van der Waals surface area contributed by atoms with Crippen LogP contribution < -0.4 is 0 Å². The summed E-state index contributed by atoms with van der Waals surface area (Å²) in [6.07, 6.45) is 0.492. The second kappa shape index (κ2) is 2.96. The highest BCUT2D eigenvalue weighted by Crippen LogP contribution is 2.21. The molecule has 1 rings (SSSR count). The molecule has 0 aromatic carbocycles. The summed E-state index contributed by atoms with van der Waals surface area (Å²) in [4.78, 5) is 10.3. The lowest BCUT2D eigenvalue weighted by Crippen LogP contribution is -2.11. The van der Waals surface area contributed by atoms with E-state index in [0.717, 1.165) is 5.75 Å². The number of hydrogen-bond donors (Lipinski definition) is 2. The molecule has 0 fully saturated rings. The highest BCUT2D eigenvalue weighted by molar-refractivity contribution is 7.99. The first-order chi connectivity index (χ1) is 4.72. The van der Waals surface area contributed by atoms with Gasteiger partial charge >= 0.3 is 5.97 Å². The fraction of sp³-hybridized carbons (Fsp3) is 0.500. The minimum Gasteiger partial charge on any atom is -0.512 e. The first kappa shape index (κ1) is 7.47.